The summed E-state index contributed by atoms with van der Waals surface area (Å²) in [6, 6.07) is 0.240. The molecule has 2 aliphatic heterocycles. The van der Waals surface area contributed by atoms with E-state index in [0.717, 1.165) is 6.42 Å². The molecule has 2 fully saturated rings. The number of carbonyl (C=O) groups excluding carboxylic acids is 1. The Morgan fingerprint density at radius 1 is 1.47 bits per heavy atom. The van der Waals surface area contributed by atoms with Crippen molar-refractivity contribution in [1.29, 1.82) is 0 Å². The largest absolute Gasteiger partial charge is 0.394 e. The lowest BCUT2D eigenvalue weighted by molar-refractivity contribution is -0.129. The van der Waals surface area contributed by atoms with Crippen LogP contribution in [-0.4, -0.2) is 67.5 Å². The highest BCUT2D eigenvalue weighted by atomic mass is 16.5. The zero-order valence-corrected chi connectivity index (χ0v) is 10.3. The van der Waals surface area contributed by atoms with Crippen LogP contribution in [0.4, 0.5) is 0 Å². The van der Waals surface area contributed by atoms with Gasteiger partial charge < -0.3 is 14.6 Å². The van der Waals surface area contributed by atoms with E-state index in [9.17, 15) is 4.79 Å². The number of rotatable bonds is 4. The second-order valence-electron chi connectivity index (χ2n) is 4.94. The molecule has 0 aromatic carbocycles. The Bertz CT molecular complexity index is 265. The Hall–Kier alpha value is -0.490. The maximum atomic E-state index is 12.0. The summed E-state index contributed by atoms with van der Waals surface area (Å²) in [7, 11) is 0. The minimum absolute atomic E-state index is 0.0178. The number of nitrogens with zero attached hydrogens (tertiary/aromatic N) is 1. The Morgan fingerprint density at radius 3 is 2.94 bits per heavy atom. The first-order valence-electron chi connectivity index (χ1n) is 6.27. The van der Waals surface area contributed by atoms with E-state index >= 15 is 0 Å². The van der Waals surface area contributed by atoms with Crippen LogP contribution < -0.4 is 0 Å². The maximum absolute atomic E-state index is 12.0. The molecule has 2 saturated heterocycles. The summed E-state index contributed by atoms with van der Waals surface area (Å²) in [5, 5.41) is 9.08. The predicted octanol–water partition coefficient (Wildman–Crippen LogP) is -0.326. The maximum Gasteiger partial charge on any atom is 0.152 e. The minimum Gasteiger partial charge on any atom is -0.394 e. The molecule has 5 heteroatoms. The number of ketones is 1. The molecule has 98 valence electrons. The number of aliphatic hydroxyl groups excluding tert-OH is 1. The molecule has 2 aliphatic rings. The quantitative estimate of drug-likeness (QED) is 0.733. The minimum atomic E-state index is -0.154. The summed E-state index contributed by atoms with van der Waals surface area (Å²) in [4.78, 5) is 14.1. The number of ether oxygens (including phenoxy) is 2. The van der Waals surface area contributed by atoms with Crippen molar-refractivity contribution >= 4 is 5.78 Å². The van der Waals surface area contributed by atoms with Crippen molar-refractivity contribution in [3.05, 3.63) is 0 Å². The molecular formula is C12H21NO4. The summed E-state index contributed by atoms with van der Waals surface area (Å²) in [6.07, 6.45) is 0.694. The van der Waals surface area contributed by atoms with Crippen molar-refractivity contribution in [2.24, 2.45) is 5.92 Å². The summed E-state index contributed by atoms with van der Waals surface area (Å²) >= 11 is 0. The monoisotopic (exact) mass is 243 g/mol. The van der Waals surface area contributed by atoms with Gasteiger partial charge in [-0.05, 0) is 13.3 Å². The van der Waals surface area contributed by atoms with Gasteiger partial charge in [-0.15, -0.1) is 0 Å². The van der Waals surface area contributed by atoms with E-state index in [0.29, 0.717) is 32.9 Å². The zero-order valence-electron chi connectivity index (χ0n) is 10.3. The Labute approximate surface area is 102 Å². The van der Waals surface area contributed by atoms with Crippen molar-refractivity contribution in [3.8, 4) is 0 Å². The molecule has 0 amide bonds. The van der Waals surface area contributed by atoms with Gasteiger partial charge in [0.05, 0.1) is 32.5 Å². The number of aliphatic hydroxyl groups is 1. The molecule has 1 N–H and O–H groups in total. The molecule has 0 saturated carbocycles. The van der Waals surface area contributed by atoms with Gasteiger partial charge in [0.25, 0.3) is 0 Å². The molecule has 0 radical (unpaired) electrons. The van der Waals surface area contributed by atoms with E-state index in [1.54, 1.807) is 0 Å². The zero-order chi connectivity index (χ0) is 12.3. The van der Waals surface area contributed by atoms with E-state index in [-0.39, 0.29) is 30.5 Å². The highest BCUT2D eigenvalue weighted by Crippen LogP contribution is 2.17. The predicted molar refractivity (Wildman–Crippen MR) is 61.8 cm³/mol. The second kappa shape index (κ2) is 5.91. The third-order valence-corrected chi connectivity index (χ3v) is 3.58. The summed E-state index contributed by atoms with van der Waals surface area (Å²) in [6.45, 7) is 5.01. The van der Waals surface area contributed by atoms with Crippen molar-refractivity contribution in [2.75, 3.05) is 39.5 Å². The SMILES string of the molecule is CC1COC(CO)CN1CC(=O)C1CCOC1. The average molecular weight is 243 g/mol. The Morgan fingerprint density at radius 2 is 2.29 bits per heavy atom. The lowest BCUT2D eigenvalue weighted by Gasteiger charge is -2.37. The molecule has 3 unspecified atom stereocenters. The average Bonchev–Trinajstić information content (AvgIpc) is 2.85. The van der Waals surface area contributed by atoms with E-state index in [4.69, 9.17) is 14.6 Å². The number of carbonyl (C=O) groups is 1. The fourth-order valence-electron chi connectivity index (χ4n) is 2.32. The first-order valence-corrected chi connectivity index (χ1v) is 6.27. The lowest BCUT2D eigenvalue weighted by atomic mass is 10.0. The van der Waals surface area contributed by atoms with Crippen LogP contribution in [0, 0.1) is 5.92 Å². The van der Waals surface area contributed by atoms with E-state index in [1.807, 2.05) is 6.92 Å². The van der Waals surface area contributed by atoms with Crippen LogP contribution in [0.2, 0.25) is 0 Å². The molecule has 0 aliphatic carbocycles. The first kappa shape index (κ1) is 13.0. The Kier molecular flexibility index (Phi) is 4.50. The summed E-state index contributed by atoms with van der Waals surface area (Å²) in [5.41, 5.74) is 0. The third kappa shape index (κ3) is 3.25. The molecule has 5 nitrogen and oxygen atoms in total. The van der Waals surface area contributed by atoms with Crippen LogP contribution in [-0.2, 0) is 14.3 Å². The van der Waals surface area contributed by atoms with Gasteiger partial charge in [0.15, 0.2) is 5.78 Å². The van der Waals surface area contributed by atoms with Gasteiger partial charge in [0, 0.05) is 25.1 Å². The van der Waals surface area contributed by atoms with E-state index < -0.39 is 0 Å². The molecule has 3 atom stereocenters. The van der Waals surface area contributed by atoms with Crippen LogP contribution in [0.15, 0.2) is 0 Å². The lowest BCUT2D eigenvalue weighted by Crippen LogP contribution is -2.51. The fraction of sp³-hybridized carbons (Fsp3) is 0.917. The van der Waals surface area contributed by atoms with Gasteiger partial charge in [-0.25, -0.2) is 0 Å². The van der Waals surface area contributed by atoms with Crippen molar-refractivity contribution < 1.29 is 19.4 Å². The van der Waals surface area contributed by atoms with E-state index in [1.165, 1.54) is 0 Å². The third-order valence-electron chi connectivity index (χ3n) is 3.58. The Balaban J connectivity index is 1.85. The summed E-state index contributed by atoms with van der Waals surface area (Å²) in [5.74, 6) is 0.325. The molecule has 0 aromatic rings. The van der Waals surface area contributed by atoms with Crippen LogP contribution in [0.5, 0.6) is 0 Å². The van der Waals surface area contributed by atoms with Crippen LogP contribution in [0.1, 0.15) is 13.3 Å². The van der Waals surface area contributed by atoms with Gasteiger partial charge >= 0.3 is 0 Å². The second-order valence-corrected chi connectivity index (χ2v) is 4.94. The van der Waals surface area contributed by atoms with Crippen molar-refractivity contribution in [2.45, 2.75) is 25.5 Å². The van der Waals surface area contributed by atoms with Gasteiger partial charge in [0.2, 0.25) is 0 Å². The molecule has 17 heavy (non-hydrogen) atoms. The van der Waals surface area contributed by atoms with Gasteiger partial charge in [-0.3, -0.25) is 9.69 Å². The highest BCUT2D eigenvalue weighted by Gasteiger charge is 2.30. The normalized spacial score (nSPS) is 35.1. The number of hydrogen-bond acceptors (Lipinski definition) is 5. The molecular weight excluding hydrogens is 222 g/mol. The smallest absolute Gasteiger partial charge is 0.152 e. The number of Topliss-reactive ketones (excluding diaryl/α,β-unsaturated/α-hetero) is 1. The standard InChI is InChI=1S/C12H21NO4/c1-9-7-17-11(6-14)4-13(9)5-12(15)10-2-3-16-8-10/h9-11,14H,2-8H2,1H3. The molecule has 2 heterocycles. The van der Waals surface area contributed by atoms with Gasteiger partial charge in [-0.1, -0.05) is 0 Å². The van der Waals surface area contributed by atoms with Crippen LogP contribution in [0.3, 0.4) is 0 Å². The molecule has 2 rings (SSSR count). The molecule has 0 aromatic heterocycles. The van der Waals surface area contributed by atoms with Crippen LogP contribution >= 0.6 is 0 Å². The highest BCUT2D eigenvalue weighted by molar-refractivity contribution is 5.83. The molecule has 0 bridgehead atoms. The van der Waals surface area contributed by atoms with Crippen LogP contribution in [0.25, 0.3) is 0 Å². The first-order chi connectivity index (χ1) is 8.20. The topological polar surface area (TPSA) is 59.0 Å². The van der Waals surface area contributed by atoms with Crippen molar-refractivity contribution in [1.82, 2.24) is 4.90 Å². The molecule has 0 spiro atoms. The van der Waals surface area contributed by atoms with Crippen molar-refractivity contribution in [3.63, 3.8) is 0 Å². The summed E-state index contributed by atoms with van der Waals surface area (Å²) < 4.78 is 10.7. The van der Waals surface area contributed by atoms with Gasteiger partial charge in [-0.2, -0.15) is 0 Å². The van der Waals surface area contributed by atoms with Gasteiger partial charge in [0.1, 0.15) is 0 Å². The number of hydrogen-bond donors (Lipinski definition) is 1. The number of morpholine rings is 1. The fourth-order valence-corrected chi connectivity index (χ4v) is 2.32. The van der Waals surface area contributed by atoms with E-state index in [2.05, 4.69) is 4.90 Å².